The second-order valence-corrected chi connectivity index (χ2v) is 16.9. The molecule has 0 rings (SSSR count). The Balaban J connectivity index is 7.18. The summed E-state index contributed by atoms with van der Waals surface area (Å²) < 4.78 is 4.99. The molecule has 0 bridgehead atoms. The third kappa shape index (κ3) is 4.64. The predicted molar refractivity (Wildman–Crippen MR) is 128 cm³/mol. The maximum atomic E-state index is 7.17. The molecule has 0 aliphatic heterocycles. The Morgan fingerprint density at radius 1 is 0.643 bits per heavy atom. The Morgan fingerprint density at radius 2 is 1.00 bits per heavy atom. The van der Waals surface area contributed by atoms with Crippen molar-refractivity contribution in [3.05, 3.63) is 0 Å². The van der Waals surface area contributed by atoms with Crippen molar-refractivity contribution < 1.29 is 13.3 Å². The minimum Gasteiger partial charge on any atom is -0.376 e. The molecule has 0 aliphatic carbocycles. The van der Waals surface area contributed by atoms with Gasteiger partial charge in [-0.25, -0.2) is 0 Å². The molecular weight excluding hydrogens is 599 g/mol. The molecule has 0 fully saturated rings. The van der Waals surface area contributed by atoms with Crippen molar-refractivity contribution in [1.29, 1.82) is 0 Å². The van der Waals surface area contributed by atoms with E-state index in [1.807, 2.05) is 6.92 Å². The van der Waals surface area contributed by atoms with E-state index in [-0.39, 0.29) is 0 Å². The van der Waals surface area contributed by atoms with Crippen LogP contribution in [0.2, 0.25) is 0 Å². The highest BCUT2D eigenvalue weighted by atomic mass is 35.6. The average molecular weight is 621 g/mol. The molecule has 1 atom stereocenters. The van der Waals surface area contributed by atoms with Crippen molar-refractivity contribution in [3.63, 3.8) is 0 Å². The fraction of sp³-hybridized carbons (Fsp3) is 1.00. The molecule has 0 aromatic carbocycles. The quantitative estimate of drug-likeness (QED) is 0.183. The standard InChI is InChI=1S/C14H22Cl10O3Si/c1-7-8-9(2,3)13(21,28(25-4,26-5)27-6)11(17,18)10(15,16)12(19,20)14(22,23)24/h7-8H2,1-6H3. The van der Waals surface area contributed by atoms with Gasteiger partial charge in [0.05, 0.1) is 0 Å². The van der Waals surface area contributed by atoms with Gasteiger partial charge in [-0.05, 0) is 11.8 Å². The van der Waals surface area contributed by atoms with Crippen LogP contribution in [0.4, 0.5) is 0 Å². The van der Waals surface area contributed by atoms with E-state index in [9.17, 15) is 0 Å². The van der Waals surface area contributed by atoms with Gasteiger partial charge in [0.15, 0.2) is 17.5 Å². The summed E-state index contributed by atoms with van der Waals surface area (Å²) in [6, 6.07) is 0. The van der Waals surface area contributed by atoms with E-state index < -0.39 is 35.5 Å². The minimum atomic E-state index is -3.94. The molecule has 0 aliphatic rings. The minimum absolute atomic E-state index is 0.484. The number of halogens is 10. The van der Waals surface area contributed by atoms with Crippen LogP contribution in [0.5, 0.6) is 0 Å². The van der Waals surface area contributed by atoms with E-state index in [0.29, 0.717) is 12.8 Å². The Hall–Kier alpha value is 3.00. The summed E-state index contributed by atoms with van der Waals surface area (Å²) in [5.41, 5.74) is -0.951. The van der Waals surface area contributed by atoms with E-state index in [1.165, 1.54) is 21.3 Å². The van der Waals surface area contributed by atoms with Gasteiger partial charge in [0, 0.05) is 21.3 Å². The normalized spacial score (nSPS) is 17.6. The summed E-state index contributed by atoms with van der Waals surface area (Å²) in [6.07, 6.45) is 1.17. The van der Waals surface area contributed by atoms with Crippen LogP contribution in [0, 0.1) is 5.41 Å². The molecule has 0 amide bonds. The predicted octanol–water partition coefficient (Wildman–Crippen LogP) is 8.10. The molecule has 14 heteroatoms. The van der Waals surface area contributed by atoms with Crippen LogP contribution >= 0.6 is 116 Å². The summed E-state index contributed by atoms with van der Waals surface area (Å²) in [4.78, 5) is 0. The van der Waals surface area contributed by atoms with E-state index >= 15 is 0 Å². The molecule has 0 saturated carbocycles. The Labute approximate surface area is 218 Å². The van der Waals surface area contributed by atoms with Gasteiger partial charge in [-0.3, -0.25) is 0 Å². The van der Waals surface area contributed by atoms with Gasteiger partial charge in [-0.2, -0.15) is 0 Å². The van der Waals surface area contributed by atoms with E-state index in [2.05, 4.69) is 0 Å². The lowest BCUT2D eigenvalue weighted by molar-refractivity contribution is 0.0677. The van der Waals surface area contributed by atoms with Crippen LogP contribution in [-0.2, 0) is 13.3 Å². The maximum absolute atomic E-state index is 7.17. The Bertz CT molecular complexity index is 526. The zero-order valence-electron chi connectivity index (χ0n) is 15.9. The van der Waals surface area contributed by atoms with Gasteiger partial charge in [-0.1, -0.05) is 132 Å². The first-order valence-electron chi connectivity index (χ1n) is 7.79. The molecule has 28 heavy (non-hydrogen) atoms. The van der Waals surface area contributed by atoms with Gasteiger partial charge in [0.2, 0.25) is 3.79 Å². The van der Waals surface area contributed by atoms with Crippen LogP contribution in [-0.4, -0.2) is 51.4 Å². The lowest BCUT2D eigenvalue weighted by Gasteiger charge is -2.58. The van der Waals surface area contributed by atoms with Gasteiger partial charge >= 0.3 is 8.80 Å². The van der Waals surface area contributed by atoms with E-state index in [4.69, 9.17) is 129 Å². The highest BCUT2D eigenvalue weighted by molar-refractivity contribution is 6.84. The Morgan fingerprint density at radius 3 is 1.25 bits per heavy atom. The first-order valence-corrected chi connectivity index (χ1v) is 13.3. The highest BCUT2D eigenvalue weighted by Gasteiger charge is 2.83. The summed E-state index contributed by atoms with van der Waals surface area (Å²) in [5.74, 6) is 0. The number of alkyl halides is 10. The van der Waals surface area contributed by atoms with Crippen LogP contribution in [0.25, 0.3) is 0 Å². The van der Waals surface area contributed by atoms with Crippen LogP contribution in [0.1, 0.15) is 33.6 Å². The second-order valence-electron chi connectivity index (χ2n) is 6.68. The number of hydrogen-bond donors (Lipinski definition) is 0. The summed E-state index contributed by atoms with van der Waals surface area (Å²) in [5, 5.41) is 0. The first-order chi connectivity index (χ1) is 12.2. The van der Waals surface area contributed by atoms with Gasteiger partial charge < -0.3 is 13.3 Å². The first kappa shape index (κ1) is 31.0. The van der Waals surface area contributed by atoms with Crippen molar-refractivity contribution >= 4 is 125 Å². The number of hydrogen-bond acceptors (Lipinski definition) is 3. The molecule has 0 aromatic rings. The van der Waals surface area contributed by atoms with Crippen molar-refractivity contribution in [2.45, 2.75) is 54.9 Å². The average Bonchev–Trinajstić information content (AvgIpc) is 2.54. The molecule has 0 N–H and O–H groups in total. The van der Waals surface area contributed by atoms with Gasteiger partial charge in [0.1, 0.15) is 0 Å². The third-order valence-electron chi connectivity index (χ3n) is 4.61. The van der Waals surface area contributed by atoms with Crippen molar-refractivity contribution in [3.8, 4) is 0 Å². The molecule has 0 aromatic heterocycles. The molecule has 170 valence electrons. The zero-order chi connectivity index (χ0) is 23.0. The summed E-state index contributed by atoms with van der Waals surface area (Å²) in [6.45, 7) is 5.47. The molecule has 0 saturated heterocycles. The van der Waals surface area contributed by atoms with Crippen LogP contribution < -0.4 is 0 Å². The van der Waals surface area contributed by atoms with Crippen LogP contribution in [0.15, 0.2) is 0 Å². The fourth-order valence-electron chi connectivity index (χ4n) is 3.09. The molecule has 0 heterocycles. The third-order valence-corrected chi connectivity index (χ3v) is 15.7. The fourth-order valence-corrected chi connectivity index (χ4v) is 10.4. The van der Waals surface area contributed by atoms with Crippen molar-refractivity contribution in [2.75, 3.05) is 21.3 Å². The Kier molecular flexibility index (Phi) is 11.2. The second kappa shape index (κ2) is 10.1. The van der Waals surface area contributed by atoms with E-state index in [0.717, 1.165) is 0 Å². The molecule has 0 spiro atoms. The van der Waals surface area contributed by atoms with Crippen molar-refractivity contribution in [1.82, 2.24) is 0 Å². The van der Waals surface area contributed by atoms with Gasteiger partial charge in [0.25, 0.3) is 0 Å². The monoisotopic (exact) mass is 616 g/mol. The smallest absolute Gasteiger partial charge is 0.376 e. The molecule has 3 nitrogen and oxygen atoms in total. The highest BCUT2D eigenvalue weighted by Crippen LogP contribution is 2.70. The summed E-state index contributed by atoms with van der Waals surface area (Å²) in [7, 11) is 0.0473. The topological polar surface area (TPSA) is 27.7 Å². The van der Waals surface area contributed by atoms with Gasteiger partial charge in [-0.15, -0.1) is 11.6 Å². The van der Waals surface area contributed by atoms with E-state index in [1.54, 1.807) is 13.8 Å². The molecule has 1 unspecified atom stereocenters. The lowest BCUT2D eigenvalue weighted by Crippen LogP contribution is -2.78. The number of rotatable bonds is 10. The largest absolute Gasteiger partial charge is 0.526 e. The van der Waals surface area contributed by atoms with Crippen LogP contribution in [0.3, 0.4) is 0 Å². The zero-order valence-corrected chi connectivity index (χ0v) is 24.5. The maximum Gasteiger partial charge on any atom is 0.526 e. The van der Waals surface area contributed by atoms with Crippen molar-refractivity contribution in [2.24, 2.45) is 5.41 Å². The molecular formula is C14H22Cl10O3Si. The lowest BCUT2D eigenvalue weighted by atomic mass is 9.80. The molecule has 0 radical (unpaired) electrons. The summed E-state index contributed by atoms with van der Waals surface area (Å²) >= 11 is 64.1. The SMILES string of the molecule is CCCC(C)(C)C(Cl)(C(Cl)(Cl)C(Cl)(Cl)C(Cl)(Cl)C(Cl)(Cl)Cl)[Si](OC)(OC)OC.